The molecule has 1 aromatic heterocycles. The number of esters is 1. The summed E-state index contributed by atoms with van der Waals surface area (Å²) in [4.78, 5) is 49.7. The molecule has 8 nitrogen and oxygen atoms in total. The number of carbonyl (C=O) groups is 4. The second kappa shape index (κ2) is 7.45. The van der Waals surface area contributed by atoms with Crippen LogP contribution in [0.3, 0.4) is 0 Å². The standard InChI is InChI=1S/C19H18N2O6/c1-11(15-8-5-9-26-15)20-16(22)10-27-19(25)12(2)21-17(23)13-6-3-4-7-14(13)18(21)24/h3-9,11-12H,10H2,1-2H3,(H,20,22)/t11-,12+/m1/s1. The first kappa shape index (κ1) is 18.4. The number of nitrogens with zero attached hydrogens (tertiary/aromatic N) is 1. The minimum Gasteiger partial charge on any atom is -0.467 e. The third-order valence-corrected chi connectivity index (χ3v) is 4.25. The van der Waals surface area contributed by atoms with E-state index in [-0.39, 0.29) is 17.2 Å². The zero-order valence-corrected chi connectivity index (χ0v) is 14.8. The quantitative estimate of drug-likeness (QED) is 0.613. The van der Waals surface area contributed by atoms with Gasteiger partial charge in [0.25, 0.3) is 17.7 Å². The maximum absolute atomic E-state index is 12.4. The first-order valence-corrected chi connectivity index (χ1v) is 8.36. The van der Waals surface area contributed by atoms with Crippen molar-refractivity contribution in [2.45, 2.75) is 25.9 Å². The number of nitrogens with one attached hydrogen (secondary N) is 1. The summed E-state index contributed by atoms with van der Waals surface area (Å²) in [7, 11) is 0. The molecule has 0 fully saturated rings. The van der Waals surface area contributed by atoms with Crippen molar-refractivity contribution in [2.75, 3.05) is 6.61 Å². The van der Waals surface area contributed by atoms with E-state index in [0.29, 0.717) is 5.76 Å². The molecule has 2 heterocycles. The number of benzene rings is 1. The number of furan rings is 1. The average molecular weight is 370 g/mol. The smallest absolute Gasteiger partial charge is 0.329 e. The Kier molecular flexibility index (Phi) is 5.07. The Morgan fingerprint density at radius 3 is 2.26 bits per heavy atom. The van der Waals surface area contributed by atoms with Gasteiger partial charge < -0.3 is 14.5 Å². The molecule has 1 aliphatic heterocycles. The van der Waals surface area contributed by atoms with Gasteiger partial charge in [-0.2, -0.15) is 0 Å². The minimum absolute atomic E-state index is 0.243. The second-order valence-electron chi connectivity index (χ2n) is 6.11. The third kappa shape index (κ3) is 3.59. The van der Waals surface area contributed by atoms with E-state index in [1.165, 1.54) is 25.3 Å². The van der Waals surface area contributed by atoms with Crippen molar-refractivity contribution in [1.29, 1.82) is 0 Å². The number of carbonyl (C=O) groups excluding carboxylic acids is 4. The molecule has 2 atom stereocenters. The van der Waals surface area contributed by atoms with E-state index < -0.39 is 36.3 Å². The number of amides is 3. The van der Waals surface area contributed by atoms with Gasteiger partial charge in [-0.1, -0.05) is 12.1 Å². The molecule has 27 heavy (non-hydrogen) atoms. The summed E-state index contributed by atoms with van der Waals surface area (Å²) in [5.41, 5.74) is 0.485. The maximum Gasteiger partial charge on any atom is 0.329 e. The Morgan fingerprint density at radius 2 is 1.70 bits per heavy atom. The van der Waals surface area contributed by atoms with Crippen molar-refractivity contribution < 1.29 is 28.3 Å². The molecule has 1 aliphatic rings. The van der Waals surface area contributed by atoms with Gasteiger partial charge in [0.15, 0.2) is 6.61 Å². The molecule has 8 heteroatoms. The molecule has 0 saturated heterocycles. The third-order valence-electron chi connectivity index (χ3n) is 4.25. The van der Waals surface area contributed by atoms with E-state index in [1.54, 1.807) is 31.2 Å². The summed E-state index contributed by atoms with van der Waals surface area (Å²) in [6.07, 6.45) is 1.49. The number of hydrogen-bond acceptors (Lipinski definition) is 6. The second-order valence-corrected chi connectivity index (χ2v) is 6.11. The van der Waals surface area contributed by atoms with Crippen LogP contribution in [0.4, 0.5) is 0 Å². The molecule has 0 saturated carbocycles. The van der Waals surface area contributed by atoms with E-state index in [1.807, 2.05) is 0 Å². The fourth-order valence-electron chi connectivity index (χ4n) is 2.81. The highest BCUT2D eigenvalue weighted by Crippen LogP contribution is 2.24. The summed E-state index contributed by atoms with van der Waals surface area (Å²) >= 11 is 0. The lowest BCUT2D eigenvalue weighted by atomic mass is 10.1. The van der Waals surface area contributed by atoms with Crippen LogP contribution in [0.5, 0.6) is 0 Å². The molecule has 0 bridgehead atoms. The van der Waals surface area contributed by atoms with Crippen molar-refractivity contribution in [3.05, 3.63) is 59.5 Å². The number of fused-ring (bicyclic) bond motifs is 1. The Morgan fingerprint density at radius 1 is 1.07 bits per heavy atom. The molecular weight excluding hydrogens is 352 g/mol. The van der Waals surface area contributed by atoms with Gasteiger partial charge in [-0.25, -0.2) is 4.79 Å². The molecule has 1 N–H and O–H groups in total. The molecule has 3 rings (SSSR count). The zero-order valence-electron chi connectivity index (χ0n) is 14.8. The number of imide groups is 1. The minimum atomic E-state index is -1.15. The molecule has 140 valence electrons. The Labute approximate surface area is 155 Å². The maximum atomic E-state index is 12.4. The van der Waals surface area contributed by atoms with E-state index >= 15 is 0 Å². The van der Waals surface area contributed by atoms with Crippen molar-refractivity contribution >= 4 is 23.7 Å². The molecular formula is C19H18N2O6. The summed E-state index contributed by atoms with van der Waals surface area (Å²) < 4.78 is 10.1. The van der Waals surface area contributed by atoms with E-state index in [2.05, 4.69) is 5.32 Å². The molecule has 0 spiro atoms. The lowest BCUT2D eigenvalue weighted by molar-refractivity contribution is -0.152. The predicted molar refractivity (Wildman–Crippen MR) is 92.6 cm³/mol. The summed E-state index contributed by atoms with van der Waals surface area (Å²) in [6, 6.07) is 8.20. The van der Waals surface area contributed by atoms with Gasteiger partial charge in [0.05, 0.1) is 23.4 Å². The number of ether oxygens (including phenoxy) is 1. The molecule has 1 aromatic carbocycles. The van der Waals surface area contributed by atoms with Crippen LogP contribution in [-0.4, -0.2) is 41.2 Å². The van der Waals surface area contributed by atoms with Crippen molar-refractivity contribution in [2.24, 2.45) is 0 Å². The molecule has 3 amide bonds. The topological polar surface area (TPSA) is 106 Å². The highest BCUT2D eigenvalue weighted by Gasteiger charge is 2.41. The Bertz CT molecular complexity index is 854. The molecule has 0 unspecified atom stereocenters. The number of hydrogen-bond donors (Lipinski definition) is 1. The van der Waals surface area contributed by atoms with Gasteiger partial charge in [0.2, 0.25) is 0 Å². The van der Waals surface area contributed by atoms with Gasteiger partial charge in [0.1, 0.15) is 11.8 Å². The van der Waals surface area contributed by atoms with Gasteiger partial charge >= 0.3 is 5.97 Å². The highest BCUT2D eigenvalue weighted by molar-refractivity contribution is 6.22. The fraction of sp³-hybridized carbons (Fsp3) is 0.263. The monoisotopic (exact) mass is 370 g/mol. The van der Waals surface area contributed by atoms with Crippen LogP contribution in [0.15, 0.2) is 47.1 Å². The zero-order chi connectivity index (χ0) is 19.6. The van der Waals surface area contributed by atoms with Gasteiger partial charge in [-0.3, -0.25) is 19.3 Å². The first-order chi connectivity index (χ1) is 12.9. The number of rotatable bonds is 6. The van der Waals surface area contributed by atoms with Crippen molar-refractivity contribution in [1.82, 2.24) is 10.2 Å². The average Bonchev–Trinajstić information content (AvgIpc) is 3.28. The predicted octanol–water partition coefficient (Wildman–Crippen LogP) is 1.68. The highest BCUT2D eigenvalue weighted by atomic mass is 16.5. The van der Waals surface area contributed by atoms with E-state index in [4.69, 9.17) is 9.15 Å². The van der Waals surface area contributed by atoms with Gasteiger partial charge in [-0.05, 0) is 38.1 Å². The van der Waals surface area contributed by atoms with Crippen LogP contribution < -0.4 is 5.32 Å². The van der Waals surface area contributed by atoms with Gasteiger partial charge in [0, 0.05) is 0 Å². The first-order valence-electron chi connectivity index (χ1n) is 8.36. The molecule has 0 radical (unpaired) electrons. The van der Waals surface area contributed by atoms with Crippen LogP contribution >= 0.6 is 0 Å². The summed E-state index contributed by atoms with van der Waals surface area (Å²) in [5.74, 6) is -1.92. The summed E-state index contributed by atoms with van der Waals surface area (Å²) in [5, 5.41) is 2.62. The normalized spacial score (nSPS) is 15.3. The Hall–Kier alpha value is -3.42. The molecule has 0 aliphatic carbocycles. The van der Waals surface area contributed by atoms with E-state index in [9.17, 15) is 19.2 Å². The van der Waals surface area contributed by atoms with Gasteiger partial charge in [-0.15, -0.1) is 0 Å². The largest absolute Gasteiger partial charge is 0.467 e. The van der Waals surface area contributed by atoms with Crippen LogP contribution in [0.25, 0.3) is 0 Å². The summed E-state index contributed by atoms with van der Waals surface area (Å²) in [6.45, 7) is 2.57. The SMILES string of the molecule is C[C@@H](NC(=O)COC(=O)[C@H](C)N1C(=O)c2ccccc2C1=O)c1ccco1. The van der Waals surface area contributed by atoms with Crippen LogP contribution in [0.1, 0.15) is 46.4 Å². The van der Waals surface area contributed by atoms with Crippen LogP contribution in [0, 0.1) is 0 Å². The van der Waals surface area contributed by atoms with E-state index in [0.717, 1.165) is 4.90 Å². The van der Waals surface area contributed by atoms with Crippen molar-refractivity contribution in [3.8, 4) is 0 Å². The van der Waals surface area contributed by atoms with Crippen LogP contribution in [0.2, 0.25) is 0 Å². The lowest BCUT2D eigenvalue weighted by Gasteiger charge is -2.21. The Balaban J connectivity index is 1.56. The van der Waals surface area contributed by atoms with Crippen LogP contribution in [-0.2, 0) is 14.3 Å². The lowest BCUT2D eigenvalue weighted by Crippen LogP contribution is -2.44. The van der Waals surface area contributed by atoms with Crippen molar-refractivity contribution in [3.63, 3.8) is 0 Å². The molecule has 2 aromatic rings. The fourth-order valence-corrected chi connectivity index (χ4v) is 2.81.